The minimum atomic E-state index is 0.578. The first-order valence-electron chi connectivity index (χ1n) is 6.55. The van der Waals surface area contributed by atoms with Gasteiger partial charge in [0.2, 0.25) is 0 Å². The van der Waals surface area contributed by atoms with Gasteiger partial charge in [0.05, 0.1) is 6.61 Å². The second-order valence-corrected chi connectivity index (χ2v) is 5.46. The predicted molar refractivity (Wildman–Crippen MR) is 68.8 cm³/mol. The molecule has 0 amide bonds. The Morgan fingerprint density at radius 3 is 2.50 bits per heavy atom. The molecule has 1 aliphatic heterocycles. The fourth-order valence-electron chi connectivity index (χ4n) is 2.17. The summed E-state index contributed by atoms with van der Waals surface area (Å²) in [5.74, 6) is 0.674. The van der Waals surface area contributed by atoms with Crippen LogP contribution in [0.3, 0.4) is 0 Å². The molecular formula is C13H28N2O. The van der Waals surface area contributed by atoms with E-state index in [1.807, 2.05) is 0 Å². The van der Waals surface area contributed by atoms with Gasteiger partial charge in [0.15, 0.2) is 0 Å². The Labute approximate surface area is 101 Å². The van der Waals surface area contributed by atoms with E-state index in [-0.39, 0.29) is 0 Å². The van der Waals surface area contributed by atoms with Crippen LogP contribution in [0.5, 0.6) is 0 Å². The zero-order chi connectivity index (χ0) is 12.1. The molecule has 1 heterocycles. The maximum Gasteiger partial charge on any atom is 0.0622 e. The number of nitrogens with zero attached hydrogens (tertiary/aromatic N) is 1. The first-order chi connectivity index (χ1) is 7.52. The smallest absolute Gasteiger partial charge is 0.0622 e. The van der Waals surface area contributed by atoms with Crippen LogP contribution < -0.4 is 5.32 Å². The maximum atomic E-state index is 5.45. The lowest BCUT2D eigenvalue weighted by Gasteiger charge is -2.34. The Bertz CT molecular complexity index is 190. The van der Waals surface area contributed by atoms with E-state index in [2.05, 4.69) is 45.0 Å². The monoisotopic (exact) mass is 228 g/mol. The van der Waals surface area contributed by atoms with E-state index >= 15 is 0 Å². The molecule has 16 heavy (non-hydrogen) atoms. The Morgan fingerprint density at radius 2 is 2.00 bits per heavy atom. The van der Waals surface area contributed by atoms with Crippen LogP contribution >= 0.6 is 0 Å². The first kappa shape index (κ1) is 13.9. The molecule has 0 aromatic carbocycles. The SMILES string of the molecule is CC(C)NCC(C)C(C)N(C)C1CCOC1. The third kappa shape index (κ3) is 4.04. The molecule has 0 spiro atoms. The first-order valence-corrected chi connectivity index (χ1v) is 6.55. The Balaban J connectivity index is 2.33. The van der Waals surface area contributed by atoms with Crippen molar-refractivity contribution in [2.45, 2.75) is 52.2 Å². The molecule has 1 rings (SSSR count). The van der Waals surface area contributed by atoms with Gasteiger partial charge in [-0.3, -0.25) is 4.90 Å². The van der Waals surface area contributed by atoms with Gasteiger partial charge in [-0.15, -0.1) is 0 Å². The molecular weight excluding hydrogens is 200 g/mol. The zero-order valence-corrected chi connectivity index (χ0v) is 11.5. The molecule has 3 unspecified atom stereocenters. The van der Waals surface area contributed by atoms with Crippen LogP contribution in [0.15, 0.2) is 0 Å². The summed E-state index contributed by atoms with van der Waals surface area (Å²) in [6, 6.07) is 1.81. The summed E-state index contributed by atoms with van der Waals surface area (Å²) in [5.41, 5.74) is 0. The normalized spacial score (nSPS) is 25.3. The second kappa shape index (κ2) is 6.58. The van der Waals surface area contributed by atoms with Crippen molar-refractivity contribution in [2.75, 3.05) is 26.8 Å². The minimum absolute atomic E-state index is 0.578. The number of ether oxygens (including phenoxy) is 1. The fourth-order valence-corrected chi connectivity index (χ4v) is 2.17. The third-order valence-electron chi connectivity index (χ3n) is 3.80. The molecule has 0 saturated carbocycles. The molecule has 96 valence electrons. The summed E-state index contributed by atoms with van der Waals surface area (Å²) in [4.78, 5) is 2.49. The molecule has 0 aromatic heterocycles. The summed E-state index contributed by atoms with van der Waals surface area (Å²) in [6.07, 6.45) is 1.19. The highest BCUT2D eigenvalue weighted by molar-refractivity contribution is 4.80. The fraction of sp³-hybridized carbons (Fsp3) is 1.00. The van der Waals surface area contributed by atoms with Crippen molar-refractivity contribution in [1.29, 1.82) is 0 Å². The number of rotatable bonds is 6. The summed E-state index contributed by atoms with van der Waals surface area (Å²) in [7, 11) is 2.23. The van der Waals surface area contributed by atoms with Gasteiger partial charge in [-0.1, -0.05) is 20.8 Å². The number of hydrogen-bond acceptors (Lipinski definition) is 3. The van der Waals surface area contributed by atoms with Gasteiger partial charge in [0.25, 0.3) is 0 Å². The zero-order valence-electron chi connectivity index (χ0n) is 11.5. The lowest BCUT2D eigenvalue weighted by Crippen LogP contribution is -2.45. The van der Waals surface area contributed by atoms with Crippen LogP contribution in [0.2, 0.25) is 0 Å². The second-order valence-electron chi connectivity index (χ2n) is 5.46. The number of hydrogen-bond donors (Lipinski definition) is 1. The van der Waals surface area contributed by atoms with E-state index in [1.54, 1.807) is 0 Å². The van der Waals surface area contributed by atoms with Crippen LogP contribution in [-0.4, -0.2) is 49.8 Å². The Morgan fingerprint density at radius 1 is 1.31 bits per heavy atom. The van der Waals surface area contributed by atoms with Gasteiger partial charge in [-0.05, 0) is 32.9 Å². The topological polar surface area (TPSA) is 24.5 Å². The van der Waals surface area contributed by atoms with Crippen molar-refractivity contribution in [3.8, 4) is 0 Å². The summed E-state index contributed by atoms with van der Waals surface area (Å²) >= 11 is 0. The molecule has 3 atom stereocenters. The predicted octanol–water partition coefficient (Wildman–Crippen LogP) is 1.73. The van der Waals surface area contributed by atoms with Crippen molar-refractivity contribution >= 4 is 0 Å². The highest BCUT2D eigenvalue weighted by Gasteiger charge is 2.26. The molecule has 1 fully saturated rings. The van der Waals surface area contributed by atoms with Gasteiger partial charge in [-0.2, -0.15) is 0 Å². The summed E-state index contributed by atoms with van der Waals surface area (Å²) in [6.45, 7) is 12.0. The molecule has 3 nitrogen and oxygen atoms in total. The van der Waals surface area contributed by atoms with Crippen LogP contribution in [0.1, 0.15) is 34.1 Å². The van der Waals surface area contributed by atoms with Crippen molar-refractivity contribution in [3.63, 3.8) is 0 Å². The van der Waals surface area contributed by atoms with Crippen molar-refractivity contribution in [3.05, 3.63) is 0 Å². The van der Waals surface area contributed by atoms with E-state index < -0.39 is 0 Å². The van der Waals surface area contributed by atoms with Crippen LogP contribution in [0.25, 0.3) is 0 Å². The van der Waals surface area contributed by atoms with E-state index in [0.717, 1.165) is 19.8 Å². The molecule has 1 N–H and O–H groups in total. The summed E-state index contributed by atoms with van der Waals surface area (Å²) < 4.78 is 5.45. The third-order valence-corrected chi connectivity index (χ3v) is 3.80. The van der Waals surface area contributed by atoms with Crippen molar-refractivity contribution < 1.29 is 4.74 Å². The molecule has 0 aliphatic carbocycles. The number of nitrogens with one attached hydrogen (secondary N) is 1. The molecule has 1 saturated heterocycles. The Kier molecular flexibility index (Phi) is 5.73. The van der Waals surface area contributed by atoms with Crippen LogP contribution in [0.4, 0.5) is 0 Å². The lowest BCUT2D eigenvalue weighted by molar-refractivity contribution is 0.114. The quantitative estimate of drug-likeness (QED) is 0.749. The van der Waals surface area contributed by atoms with Gasteiger partial charge in [0, 0.05) is 24.7 Å². The Hall–Kier alpha value is -0.120. The van der Waals surface area contributed by atoms with E-state index in [1.165, 1.54) is 6.42 Å². The molecule has 0 radical (unpaired) electrons. The standard InChI is InChI=1S/C13H28N2O/c1-10(2)14-8-11(3)12(4)15(5)13-6-7-16-9-13/h10-14H,6-9H2,1-5H3. The lowest BCUT2D eigenvalue weighted by atomic mass is 10.0. The average Bonchev–Trinajstić information content (AvgIpc) is 2.77. The molecule has 0 aromatic rings. The van der Waals surface area contributed by atoms with Gasteiger partial charge in [0.1, 0.15) is 0 Å². The van der Waals surface area contributed by atoms with Crippen LogP contribution in [-0.2, 0) is 4.74 Å². The van der Waals surface area contributed by atoms with E-state index in [9.17, 15) is 0 Å². The summed E-state index contributed by atoms with van der Waals surface area (Å²) in [5, 5.41) is 3.51. The highest BCUT2D eigenvalue weighted by Crippen LogP contribution is 2.17. The van der Waals surface area contributed by atoms with Crippen LogP contribution in [0, 0.1) is 5.92 Å². The van der Waals surface area contributed by atoms with Gasteiger partial charge < -0.3 is 10.1 Å². The average molecular weight is 228 g/mol. The van der Waals surface area contributed by atoms with Crippen molar-refractivity contribution in [1.82, 2.24) is 10.2 Å². The molecule has 3 heteroatoms. The molecule has 0 bridgehead atoms. The van der Waals surface area contributed by atoms with E-state index in [4.69, 9.17) is 4.74 Å². The van der Waals surface area contributed by atoms with Gasteiger partial charge in [-0.25, -0.2) is 0 Å². The largest absolute Gasteiger partial charge is 0.380 e. The van der Waals surface area contributed by atoms with Crippen molar-refractivity contribution in [2.24, 2.45) is 5.92 Å². The van der Waals surface area contributed by atoms with E-state index in [0.29, 0.717) is 24.0 Å². The minimum Gasteiger partial charge on any atom is -0.380 e. The van der Waals surface area contributed by atoms with Gasteiger partial charge >= 0.3 is 0 Å². The highest BCUT2D eigenvalue weighted by atomic mass is 16.5. The maximum absolute atomic E-state index is 5.45. The molecule has 1 aliphatic rings. The number of likely N-dealkylation sites (N-methyl/N-ethyl adjacent to an activating group) is 1.